The zero-order valence-corrected chi connectivity index (χ0v) is 9.95. The summed E-state index contributed by atoms with van der Waals surface area (Å²) in [5.74, 6) is 1.68. The Bertz CT molecular complexity index is 315. The molecule has 15 heavy (non-hydrogen) atoms. The Labute approximate surface area is 92.1 Å². The highest BCUT2D eigenvalue weighted by molar-refractivity contribution is 5.16. The molecule has 0 amide bonds. The summed E-state index contributed by atoms with van der Waals surface area (Å²) in [5.41, 5.74) is 1.39. The van der Waals surface area contributed by atoms with Gasteiger partial charge in [0.1, 0.15) is 5.82 Å². The first-order chi connectivity index (χ1) is 7.07. The van der Waals surface area contributed by atoms with E-state index in [0.717, 1.165) is 5.82 Å². The summed E-state index contributed by atoms with van der Waals surface area (Å²) >= 11 is 0. The van der Waals surface area contributed by atoms with Crippen molar-refractivity contribution in [3.8, 4) is 0 Å². The van der Waals surface area contributed by atoms with Crippen molar-refractivity contribution in [1.82, 2.24) is 9.97 Å². The van der Waals surface area contributed by atoms with Crippen molar-refractivity contribution < 1.29 is 0 Å². The number of hydrogen-bond acceptors (Lipinski definition) is 2. The maximum atomic E-state index is 4.52. The van der Waals surface area contributed by atoms with Crippen LogP contribution in [0.4, 0.5) is 0 Å². The van der Waals surface area contributed by atoms with E-state index in [0.29, 0.717) is 5.92 Å². The molecule has 82 valence electrons. The Morgan fingerprint density at radius 1 is 1.07 bits per heavy atom. The monoisotopic (exact) mass is 204 g/mol. The first-order valence-corrected chi connectivity index (χ1v) is 5.90. The van der Waals surface area contributed by atoms with Gasteiger partial charge in [0, 0.05) is 18.3 Å². The molecule has 0 radical (unpaired) electrons. The van der Waals surface area contributed by atoms with Crippen molar-refractivity contribution in [1.29, 1.82) is 0 Å². The molecule has 1 aromatic heterocycles. The summed E-state index contributed by atoms with van der Waals surface area (Å²) in [6.45, 7) is 6.59. The van der Waals surface area contributed by atoms with E-state index in [1.807, 2.05) is 12.4 Å². The Morgan fingerprint density at radius 3 is 2.07 bits per heavy atom. The lowest BCUT2D eigenvalue weighted by Crippen LogP contribution is -2.13. The minimum atomic E-state index is 0.161. The van der Waals surface area contributed by atoms with Gasteiger partial charge in [0.2, 0.25) is 0 Å². The van der Waals surface area contributed by atoms with E-state index in [9.17, 15) is 0 Å². The minimum absolute atomic E-state index is 0.161. The number of rotatable bonds is 1. The molecule has 0 saturated heterocycles. The summed E-state index contributed by atoms with van der Waals surface area (Å²) in [6, 6.07) is 0. The Kier molecular flexibility index (Phi) is 2.76. The van der Waals surface area contributed by atoms with Crippen molar-refractivity contribution in [2.45, 2.75) is 57.8 Å². The van der Waals surface area contributed by atoms with Gasteiger partial charge >= 0.3 is 0 Å². The molecular weight excluding hydrogens is 184 g/mol. The SMILES string of the molecule is CC(C)(C)c1cnc(C2CCCC2)nc1. The topological polar surface area (TPSA) is 25.8 Å². The molecule has 0 aliphatic heterocycles. The average Bonchev–Trinajstić information content (AvgIpc) is 2.69. The molecule has 1 aliphatic rings. The second-order valence-corrected chi connectivity index (χ2v) is 5.56. The summed E-state index contributed by atoms with van der Waals surface area (Å²) in [6.07, 6.45) is 9.23. The molecule has 1 fully saturated rings. The summed E-state index contributed by atoms with van der Waals surface area (Å²) in [4.78, 5) is 9.03. The van der Waals surface area contributed by atoms with Crippen LogP contribution in [0, 0.1) is 0 Å². The molecule has 0 atom stereocenters. The lowest BCUT2D eigenvalue weighted by Gasteiger charge is -2.18. The molecule has 0 aromatic carbocycles. The second-order valence-electron chi connectivity index (χ2n) is 5.56. The predicted molar refractivity (Wildman–Crippen MR) is 61.9 cm³/mol. The third-order valence-electron chi connectivity index (χ3n) is 3.26. The van der Waals surface area contributed by atoms with Crippen molar-refractivity contribution in [2.24, 2.45) is 0 Å². The normalized spacial score (nSPS) is 18.3. The Morgan fingerprint density at radius 2 is 1.60 bits per heavy atom. The molecule has 1 saturated carbocycles. The number of nitrogens with zero attached hydrogens (tertiary/aromatic N) is 2. The van der Waals surface area contributed by atoms with E-state index in [-0.39, 0.29) is 5.41 Å². The van der Waals surface area contributed by atoms with Gasteiger partial charge in [-0.1, -0.05) is 33.6 Å². The molecule has 0 unspecified atom stereocenters. The fraction of sp³-hybridized carbons (Fsp3) is 0.692. The summed E-state index contributed by atoms with van der Waals surface area (Å²) < 4.78 is 0. The van der Waals surface area contributed by atoms with Crippen LogP contribution in [0.2, 0.25) is 0 Å². The molecule has 2 nitrogen and oxygen atoms in total. The van der Waals surface area contributed by atoms with Crippen LogP contribution in [0.1, 0.15) is 63.8 Å². The van der Waals surface area contributed by atoms with Crippen molar-refractivity contribution in [3.05, 3.63) is 23.8 Å². The van der Waals surface area contributed by atoms with E-state index in [4.69, 9.17) is 0 Å². The lowest BCUT2D eigenvalue weighted by molar-refractivity contribution is 0.576. The molecule has 2 heteroatoms. The Hall–Kier alpha value is -0.920. The molecule has 2 rings (SSSR count). The highest BCUT2D eigenvalue weighted by atomic mass is 14.9. The summed E-state index contributed by atoms with van der Waals surface area (Å²) in [7, 11) is 0. The number of hydrogen-bond donors (Lipinski definition) is 0. The van der Waals surface area contributed by atoms with Gasteiger partial charge in [-0.05, 0) is 23.8 Å². The van der Waals surface area contributed by atoms with Gasteiger partial charge in [0.15, 0.2) is 0 Å². The van der Waals surface area contributed by atoms with Crippen LogP contribution in [-0.2, 0) is 5.41 Å². The van der Waals surface area contributed by atoms with Gasteiger partial charge in [-0.15, -0.1) is 0 Å². The van der Waals surface area contributed by atoms with E-state index in [1.165, 1.54) is 31.2 Å². The molecule has 1 aliphatic carbocycles. The molecule has 1 heterocycles. The van der Waals surface area contributed by atoms with Gasteiger partial charge in [-0.3, -0.25) is 0 Å². The zero-order chi connectivity index (χ0) is 10.9. The standard InChI is InChI=1S/C13H20N2/c1-13(2,3)11-8-14-12(15-9-11)10-6-4-5-7-10/h8-10H,4-7H2,1-3H3. The average molecular weight is 204 g/mol. The van der Waals surface area contributed by atoms with Gasteiger partial charge in [0.25, 0.3) is 0 Å². The van der Waals surface area contributed by atoms with Gasteiger partial charge < -0.3 is 0 Å². The fourth-order valence-electron chi connectivity index (χ4n) is 2.12. The highest BCUT2D eigenvalue weighted by Gasteiger charge is 2.20. The largest absolute Gasteiger partial charge is 0.241 e. The predicted octanol–water partition coefficient (Wildman–Crippen LogP) is 3.43. The first kappa shape index (κ1) is 10.6. The molecular formula is C13H20N2. The lowest BCUT2D eigenvalue weighted by atomic mass is 9.89. The zero-order valence-electron chi connectivity index (χ0n) is 9.95. The quantitative estimate of drug-likeness (QED) is 0.700. The maximum Gasteiger partial charge on any atom is 0.131 e. The second kappa shape index (κ2) is 3.92. The van der Waals surface area contributed by atoms with Gasteiger partial charge in [-0.25, -0.2) is 9.97 Å². The van der Waals surface area contributed by atoms with E-state index in [2.05, 4.69) is 30.7 Å². The van der Waals surface area contributed by atoms with E-state index >= 15 is 0 Å². The molecule has 0 spiro atoms. The minimum Gasteiger partial charge on any atom is -0.241 e. The van der Waals surface area contributed by atoms with Gasteiger partial charge in [0.05, 0.1) is 0 Å². The van der Waals surface area contributed by atoms with Gasteiger partial charge in [-0.2, -0.15) is 0 Å². The molecule has 0 N–H and O–H groups in total. The first-order valence-electron chi connectivity index (χ1n) is 5.90. The third-order valence-corrected chi connectivity index (χ3v) is 3.26. The van der Waals surface area contributed by atoms with E-state index in [1.54, 1.807) is 0 Å². The van der Waals surface area contributed by atoms with Crippen LogP contribution >= 0.6 is 0 Å². The maximum absolute atomic E-state index is 4.52. The van der Waals surface area contributed by atoms with Crippen molar-refractivity contribution in [2.75, 3.05) is 0 Å². The smallest absolute Gasteiger partial charge is 0.131 e. The van der Waals surface area contributed by atoms with Crippen LogP contribution < -0.4 is 0 Å². The van der Waals surface area contributed by atoms with Crippen LogP contribution in [0.3, 0.4) is 0 Å². The fourth-order valence-corrected chi connectivity index (χ4v) is 2.12. The molecule has 1 aromatic rings. The van der Waals surface area contributed by atoms with Crippen molar-refractivity contribution >= 4 is 0 Å². The van der Waals surface area contributed by atoms with Crippen LogP contribution in [0.5, 0.6) is 0 Å². The van der Waals surface area contributed by atoms with E-state index < -0.39 is 0 Å². The highest BCUT2D eigenvalue weighted by Crippen LogP contribution is 2.32. The number of aromatic nitrogens is 2. The molecule has 0 bridgehead atoms. The van der Waals surface area contributed by atoms with Crippen LogP contribution in [0.15, 0.2) is 12.4 Å². The van der Waals surface area contributed by atoms with Crippen LogP contribution in [-0.4, -0.2) is 9.97 Å². The van der Waals surface area contributed by atoms with Crippen molar-refractivity contribution in [3.63, 3.8) is 0 Å². The Balaban J connectivity index is 2.16. The third kappa shape index (κ3) is 2.36. The summed E-state index contributed by atoms with van der Waals surface area (Å²) in [5, 5.41) is 0. The van der Waals surface area contributed by atoms with Crippen LogP contribution in [0.25, 0.3) is 0 Å².